The number of imide groups is 2. The van der Waals surface area contributed by atoms with Crippen LogP contribution in [0.2, 0.25) is 0 Å². The van der Waals surface area contributed by atoms with Gasteiger partial charge < -0.3 is 14.5 Å². The van der Waals surface area contributed by atoms with E-state index in [1.165, 1.54) is 17.7 Å². The highest BCUT2D eigenvalue weighted by Crippen LogP contribution is 2.37. The van der Waals surface area contributed by atoms with Gasteiger partial charge in [-0.15, -0.1) is 0 Å². The van der Waals surface area contributed by atoms with Gasteiger partial charge in [0.25, 0.3) is 11.8 Å². The normalized spacial score (nSPS) is 19.7. The fourth-order valence-electron chi connectivity index (χ4n) is 5.26. The van der Waals surface area contributed by atoms with Crippen LogP contribution in [0.25, 0.3) is 0 Å². The molecule has 1 spiro atoms. The highest BCUT2D eigenvalue weighted by atomic mass is 16.5. The molecule has 4 amide bonds. The van der Waals surface area contributed by atoms with E-state index in [0.29, 0.717) is 37.0 Å². The number of anilines is 2. The Morgan fingerprint density at radius 3 is 2.50 bits per heavy atom. The molecule has 0 unspecified atom stereocenters. The predicted molar refractivity (Wildman–Crippen MR) is 127 cm³/mol. The second-order valence-corrected chi connectivity index (χ2v) is 9.34. The van der Waals surface area contributed by atoms with Crippen LogP contribution in [0.1, 0.15) is 45.1 Å². The number of carbonyl (C=O) groups excluding carboxylic acids is 3. The average Bonchev–Trinajstić information content (AvgIpc) is 3.14. The summed E-state index contributed by atoms with van der Waals surface area (Å²) in [7, 11) is 0. The fourth-order valence-corrected chi connectivity index (χ4v) is 5.26. The second-order valence-electron chi connectivity index (χ2n) is 9.34. The number of ether oxygens (including phenoxy) is 1. The lowest BCUT2D eigenvalue weighted by Crippen LogP contribution is -2.71. The Balaban J connectivity index is 1.35. The number of carbonyl (C=O) groups is 3. The highest BCUT2D eigenvalue weighted by molar-refractivity contribution is 6.24. The molecule has 34 heavy (non-hydrogen) atoms. The van der Waals surface area contributed by atoms with Gasteiger partial charge in [0.1, 0.15) is 5.75 Å². The number of benzene rings is 1. The number of aromatic nitrogens is 1. The van der Waals surface area contributed by atoms with Gasteiger partial charge in [0, 0.05) is 30.9 Å². The van der Waals surface area contributed by atoms with Crippen molar-refractivity contribution in [1.29, 1.82) is 0 Å². The summed E-state index contributed by atoms with van der Waals surface area (Å²) in [5.74, 6) is -0.0372. The first-order valence-electron chi connectivity index (χ1n) is 11.9. The molecule has 178 valence electrons. The maximum atomic E-state index is 12.7. The van der Waals surface area contributed by atoms with Crippen LogP contribution in [0.4, 0.5) is 16.2 Å². The molecule has 1 aromatic carbocycles. The number of hydrogen-bond donors (Lipinski definition) is 2. The van der Waals surface area contributed by atoms with Crippen LogP contribution >= 0.6 is 0 Å². The Kier molecular flexibility index (Phi) is 5.63. The Morgan fingerprint density at radius 2 is 1.79 bits per heavy atom. The van der Waals surface area contributed by atoms with Crippen molar-refractivity contribution in [1.82, 2.24) is 15.6 Å². The van der Waals surface area contributed by atoms with Crippen molar-refractivity contribution < 1.29 is 19.1 Å². The molecule has 2 fully saturated rings. The zero-order valence-corrected chi connectivity index (χ0v) is 19.5. The van der Waals surface area contributed by atoms with Crippen LogP contribution in [-0.2, 0) is 16.0 Å². The number of fused-ring (bicyclic) bond motifs is 1. The molecular formula is C25H29N5O4. The number of hydrogen-bond acceptors (Lipinski definition) is 7. The van der Waals surface area contributed by atoms with E-state index >= 15 is 0 Å². The quantitative estimate of drug-likeness (QED) is 0.672. The lowest BCUT2D eigenvalue weighted by molar-refractivity contribution is -0.137. The van der Waals surface area contributed by atoms with E-state index in [-0.39, 0.29) is 0 Å². The van der Waals surface area contributed by atoms with Gasteiger partial charge in [-0.05, 0) is 75.8 Å². The number of amides is 4. The summed E-state index contributed by atoms with van der Waals surface area (Å²) in [6.45, 7) is 6.01. The first kappa shape index (κ1) is 22.2. The molecule has 0 bridgehead atoms. The number of barbiturate groups is 1. The van der Waals surface area contributed by atoms with E-state index in [1.54, 1.807) is 23.2 Å². The summed E-state index contributed by atoms with van der Waals surface area (Å²) in [5, 5.41) is 4.45. The maximum Gasteiger partial charge on any atom is 0.328 e. The van der Waals surface area contributed by atoms with Crippen molar-refractivity contribution in [3.63, 3.8) is 0 Å². The van der Waals surface area contributed by atoms with Crippen molar-refractivity contribution in [2.45, 2.75) is 57.5 Å². The summed E-state index contributed by atoms with van der Waals surface area (Å²) in [6.07, 6.45) is 5.93. The van der Waals surface area contributed by atoms with Gasteiger partial charge in [-0.1, -0.05) is 0 Å². The van der Waals surface area contributed by atoms with E-state index in [2.05, 4.69) is 46.5 Å². The number of pyridine rings is 1. The van der Waals surface area contributed by atoms with Crippen LogP contribution in [0.5, 0.6) is 11.6 Å². The Bertz CT molecular complexity index is 1110. The summed E-state index contributed by atoms with van der Waals surface area (Å²) >= 11 is 0. The number of urea groups is 1. The average molecular weight is 464 g/mol. The smallest absolute Gasteiger partial charge is 0.328 e. The molecule has 5 rings (SSSR count). The molecule has 3 aliphatic rings. The molecule has 0 radical (unpaired) electrons. The molecule has 0 aliphatic carbocycles. The molecule has 2 N–H and O–H groups in total. The molecule has 0 saturated carbocycles. The fraction of sp³-hybridized carbons (Fsp3) is 0.440. The molecule has 1 aromatic heterocycles. The van der Waals surface area contributed by atoms with E-state index in [4.69, 9.17) is 4.74 Å². The van der Waals surface area contributed by atoms with E-state index in [0.717, 1.165) is 25.1 Å². The van der Waals surface area contributed by atoms with Gasteiger partial charge in [-0.3, -0.25) is 20.2 Å². The molecule has 3 aliphatic heterocycles. The maximum absolute atomic E-state index is 12.7. The zero-order chi connectivity index (χ0) is 23.9. The minimum atomic E-state index is -1.43. The number of nitrogens with one attached hydrogen (secondary N) is 2. The first-order chi connectivity index (χ1) is 16.4. The summed E-state index contributed by atoms with van der Waals surface area (Å²) in [5.41, 5.74) is 1.74. The monoisotopic (exact) mass is 463 g/mol. The molecule has 9 heteroatoms. The van der Waals surface area contributed by atoms with Gasteiger partial charge in [0.15, 0.2) is 5.54 Å². The van der Waals surface area contributed by atoms with Crippen LogP contribution in [-0.4, -0.2) is 47.5 Å². The third-order valence-corrected chi connectivity index (χ3v) is 6.92. The SMILES string of the molecule is CC(C)N1CCCCc2cc(Oc3ccc(N4CCCC45C(=O)NC(=O)NC5=O)cn3)ccc21. The molecule has 2 saturated heterocycles. The summed E-state index contributed by atoms with van der Waals surface area (Å²) in [6, 6.07) is 9.37. The van der Waals surface area contributed by atoms with Crippen molar-refractivity contribution in [3.05, 3.63) is 42.1 Å². The molecule has 9 nitrogen and oxygen atoms in total. The standard InChI is InChI=1S/C25H29N5O4/c1-16(2)29-12-4-3-6-17-14-19(8-9-20(17)29)34-21-10-7-18(15-26-21)30-13-5-11-25(30)22(31)27-24(33)28-23(25)32/h7-10,14-16H,3-6,11-13H2,1-2H3,(H2,27,28,31,32,33). The molecule has 0 atom stereocenters. The van der Waals surface area contributed by atoms with Gasteiger partial charge in [-0.25, -0.2) is 9.78 Å². The largest absolute Gasteiger partial charge is 0.439 e. The van der Waals surface area contributed by atoms with Crippen molar-refractivity contribution in [2.75, 3.05) is 22.9 Å². The zero-order valence-electron chi connectivity index (χ0n) is 19.5. The summed E-state index contributed by atoms with van der Waals surface area (Å²) in [4.78, 5) is 45.4. The van der Waals surface area contributed by atoms with Gasteiger partial charge in [-0.2, -0.15) is 0 Å². The molecular weight excluding hydrogens is 434 g/mol. The Hall–Kier alpha value is -3.62. The van der Waals surface area contributed by atoms with E-state index in [1.807, 2.05) is 6.07 Å². The van der Waals surface area contributed by atoms with E-state index in [9.17, 15) is 14.4 Å². The van der Waals surface area contributed by atoms with Crippen LogP contribution in [0.3, 0.4) is 0 Å². The van der Waals surface area contributed by atoms with Crippen LogP contribution in [0, 0.1) is 0 Å². The number of nitrogens with zero attached hydrogens (tertiary/aromatic N) is 3. The van der Waals surface area contributed by atoms with Crippen molar-refractivity contribution in [2.24, 2.45) is 0 Å². The minimum absolute atomic E-state index is 0.332. The number of rotatable bonds is 4. The van der Waals surface area contributed by atoms with Gasteiger partial charge in [0.2, 0.25) is 5.88 Å². The first-order valence-corrected chi connectivity index (χ1v) is 11.9. The highest BCUT2D eigenvalue weighted by Gasteiger charge is 2.57. The van der Waals surface area contributed by atoms with Crippen molar-refractivity contribution in [3.8, 4) is 11.6 Å². The Labute approximate surface area is 198 Å². The van der Waals surface area contributed by atoms with Gasteiger partial charge in [0.05, 0.1) is 11.9 Å². The Morgan fingerprint density at radius 1 is 1.00 bits per heavy atom. The third-order valence-electron chi connectivity index (χ3n) is 6.92. The molecule has 4 heterocycles. The minimum Gasteiger partial charge on any atom is -0.439 e. The number of aryl methyl sites for hydroxylation is 1. The lowest BCUT2D eigenvalue weighted by atomic mass is 9.92. The van der Waals surface area contributed by atoms with Crippen LogP contribution in [0.15, 0.2) is 36.5 Å². The lowest BCUT2D eigenvalue weighted by Gasteiger charge is -2.38. The predicted octanol–water partition coefficient (Wildman–Crippen LogP) is 3.13. The van der Waals surface area contributed by atoms with E-state index < -0.39 is 23.4 Å². The topological polar surface area (TPSA) is 104 Å². The summed E-state index contributed by atoms with van der Waals surface area (Å²) < 4.78 is 6.04. The van der Waals surface area contributed by atoms with Crippen molar-refractivity contribution >= 4 is 29.2 Å². The second kappa shape index (κ2) is 8.62. The molecule has 2 aromatic rings. The van der Waals surface area contributed by atoms with Gasteiger partial charge >= 0.3 is 6.03 Å². The third kappa shape index (κ3) is 3.74. The van der Waals surface area contributed by atoms with Crippen LogP contribution < -0.4 is 25.2 Å².